The number of aromatic amines is 1. The maximum atomic E-state index is 12.7. The van der Waals surface area contributed by atoms with Crippen LogP contribution in [0.5, 0.6) is 0 Å². The molecule has 2 aromatic heterocycles. The van der Waals surface area contributed by atoms with Gasteiger partial charge < -0.3 is 0 Å². The Morgan fingerprint density at radius 2 is 1.75 bits per heavy atom. The summed E-state index contributed by atoms with van der Waals surface area (Å²) in [5.74, 6) is 0. The van der Waals surface area contributed by atoms with E-state index in [9.17, 15) is 21.6 Å². The number of hydrogen-bond donors (Lipinski definition) is 1. The highest BCUT2D eigenvalue weighted by Gasteiger charge is 2.46. The number of halogens is 3. The molecular formula is C15H10F3N3O2S. The molecule has 0 aliphatic heterocycles. The average Bonchev–Trinajstić information content (AvgIpc) is 3.05. The number of alkyl halides is 3. The van der Waals surface area contributed by atoms with Crippen LogP contribution in [0.1, 0.15) is 0 Å². The molecule has 3 aromatic rings. The number of hydrogen-bond acceptors (Lipinski definition) is 4. The maximum Gasteiger partial charge on any atom is 0.501 e. The molecular weight excluding hydrogens is 343 g/mol. The third kappa shape index (κ3) is 2.90. The summed E-state index contributed by atoms with van der Waals surface area (Å²) in [6.45, 7) is 0. The molecule has 0 atom stereocenters. The van der Waals surface area contributed by atoms with Gasteiger partial charge in [0.25, 0.3) is 9.84 Å². The van der Waals surface area contributed by atoms with Crippen LogP contribution >= 0.6 is 0 Å². The summed E-state index contributed by atoms with van der Waals surface area (Å²) in [5.41, 5.74) is -3.40. The predicted molar refractivity (Wildman–Crippen MR) is 80.5 cm³/mol. The monoisotopic (exact) mass is 353 g/mol. The molecule has 0 unspecified atom stereocenters. The molecule has 2 heterocycles. The molecule has 0 saturated heterocycles. The van der Waals surface area contributed by atoms with Crippen molar-refractivity contribution in [2.45, 2.75) is 10.4 Å². The lowest BCUT2D eigenvalue weighted by Crippen LogP contribution is -2.23. The highest BCUT2D eigenvalue weighted by molar-refractivity contribution is 7.92. The van der Waals surface area contributed by atoms with Crippen LogP contribution < -0.4 is 0 Å². The highest BCUT2D eigenvalue weighted by atomic mass is 32.2. The minimum Gasteiger partial charge on any atom is -0.277 e. The molecule has 5 nitrogen and oxygen atoms in total. The predicted octanol–water partition coefficient (Wildman–Crippen LogP) is 3.43. The number of aromatic nitrogens is 3. The zero-order valence-corrected chi connectivity index (χ0v) is 12.8. The second kappa shape index (κ2) is 5.75. The van der Waals surface area contributed by atoms with Crippen molar-refractivity contribution in [2.24, 2.45) is 0 Å². The van der Waals surface area contributed by atoms with Crippen LogP contribution in [0.4, 0.5) is 13.2 Å². The van der Waals surface area contributed by atoms with Gasteiger partial charge >= 0.3 is 5.51 Å². The first kappa shape index (κ1) is 16.2. The van der Waals surface area contributed by atoms with Gasteiger partial charge in [0.2, 0.25) is 0 Å². The quantitative estimate of drug-likeness (QED) is 0.783. The second-order valence-electron chi connectivity index (χ2n) is 4.89. The molecule has 0 aliphatic carbocycles. The van der Waals surface area contributed by atoms with Crippen LogP contribution in [0, 0.1) is 0 Å². The molecule has 0 spiro atoms. The van der Waals surface area contributed by atoms with Gasteiger partial charge in [0.15, 0.2) is 0 Å². The molecule has 0 bridgehead atoms. The topological polar surface area (TPSA) is 75.7 Å². The lowest BCUT2D eigenvalue weighted by atomic mass is 10.1. The Morgan fingerprint density at radius 1 is 1.00 bits per heavy atom. The summed E-state index contributed by atoms with van der Waals surface area (Å²) in [6, 6.07) is 9.72. The molecule has 124 valence electrons. The number of nitrogens with one attached hydrogen (secondary N) is 1. The Kier molecular flexibility index (Phi) is 3.88. The smallest absolute Gasteiger partial charge is 0.277 e. The van der Waals surface area contributed by atoms with E-state index in [4.69, 9.17) is 0 Å². The number of sulfone groups is 1. The van der Waals surface area contributed by atoms with E-state index in [2.05, 4.69) is 15.2 Å². The second-order valence-corrected chi connectivity index (χ2v) is 6.83. The lowest BCUT2D eigenvalue weighted by molar-refractivity contribution is -0.0435. The van der Waals surface area contributed by atoms with Crippen LogP contribution in [-0.2, 0) is 9.84 Å². The molecule has 24 heavy (non-hydrogen) atoms. The van der Waals surface area contributed by atoms with E-state index in [1.165, 1.54) is 12.1 Å². The van der Waals surface area contributed by atoms with E-state index < -0.39 is 20.2 Å². The Balaban J connectivity index is 2.01. The van der Waals surface area contributed by atoms with Crippen molar-refractivity contribution in [3.05, 3.63) is 54.9 Å². The largest absolute Gasteiger partial charge is 0.501 e. The lowest BCUT2D eigenvalue weighted by Gasteiger charge is -2.08. The number of pyridine rings is 1. The molecule has 0 aliphatic rings. The van der Waals surface area contributed by atoms with Crippen molar-refractivity contribution in [3.8, 4) is 22.5 Å². The van der Waals surface area contributed by atoms with Crippen molar-refractivity contribution >= 4 is 9.84 Å². The summed E-state index contributed by atoms with van der Waals surface area (Å²) in [7, 11) is -5.40. The highest BCUT2D eigenvalue weighted by Crippen LogP contribution is 2.32. The first-order valence-electron chi connectivity index (χ1n) is 6.66. The molecule has 3 rings (SSSR count). The maximum absolute atomic E-state index is 12.7. The fraction of sp³-hybridized carbons (Fsp3) is 0.0667. The van der Waals surface area contributed by atoms with Gasteiger partial charge in [0.1, 0.15) is 0 Å². The van der Waals surface area contributed by atoms with E-state index in [1.54, 1.807) is 30.6 Å². The normalized spacial score (nSPS) is 12.3. The van der Waals surface area contributed by atoms with Crippen LogP contribution in [0.25, 0.3) is 22.5 Å². The van der Waals surface area contributed by atoms with Crippen LogP contribution in [-0.4, -0.2) is 29.1 Å². The number of rotatable bonds is 3. The van der Waals surface area contributed by atoms with Gasteiger partial charge in [-0.1, -0.05) is 12.1 Å². The van der Waals surface area contributed by atoms with Crippen molar-refractivity contribution in [2.75, 3.05) is 0 Å². The summed E-state index contributed by atoms with van der Waals surface area (Å²) >= 11 is 0. The van der Waals surface area contributed by atoms with Crippen LogP contribution in [0.15, 0.2) is 59.8 Å². The first-order valence-corrected chi connectivity index (χ1v) is 8.15. The Morgan fingerprint density at radius 3 is 2.42 bits per heavy atom. The van der Waals surface area contributed by atoms with Gasteiger partial charge in [0, 0.05) is 23.5 Å². The average molecular weight is 353 g/mol. The van der Waals surface area contributed by atoms with Crippen molar-refractivity contribution < 1.29 is 21.6 Å². The van der Waals surface area contributed by atoms with E-state index in [0.717, 1.165) is 17.7 Å². The zero-order chi connectivity index (χ0) is 17.4. The summed E-state index contributed by atoms with van der Waals surface area (Å²) in [4.78, 5) is 3.14. The van der Waals surface area contributed by atoms with E-state index in [1.807, 2.05) is 0 Å². The third-order valence-electron chi connectivity index (χ3n) is 3.30. The Labute approximate surface area is 135 Å². The molecule has 0 amide bonds. The van der Waals surface area contributed by atoms with Gasteiger partial charge in [-0.25, -0.2) is 8.42 Å². The van der Waals surface area contributed by atoms with Crippen molar-refractivity contribution in [1.82, 2.24) is 15.2 Å². The van der Waals surface area contributed by atoms with Gasteiger partial charge in [-0.15, -0.1) is 0 Å². The van der Waals surface area contributed by atoms with Crippen LogP contribution in [0.2, 0.25) is 0 Å². The van der Waals surface area contributed by atoms with Gasteiger partial charge in [-0.3, -0.25) is 10.1 Å². The molecule has 0 radical (unpaired) electrons. The molecule has 1 N–H and O–H groups in total. The molecule has 1 aromatic carbocycles. The number of benzene rings is 1. The summed E-state index contributed by atoms with van der Waals surface area (Å²) < 4.78 is 61.0. The molecule has 9 heteroatoms. The summed E-state index contributed by atoms with van der Waals surface area (Å²) in [5, 5.41) is 6.75. The Bertz CT molecular complexity index is 967. The van der Waals surface area contributed by atoms with Crippen molar-refractivity contribution in [3.63, 3.8) is 0 Å². The molecule has 0 saturated carbocycles. The van der Waals surface area contributed by atoms with E-state index in [0.29, 0.717) is 11.4 Å². The fourth-order valence-corrected chi connectivity index (χ4v) is 2.90. The standard InChI is InChI=1S/C15H10F3N3O2S/c16-15(17,18)24(22,23)12-5-1-3-10(7-12)13-8-14(21-20-13)11-4-2-6-19-9-11/h1-9H,(H,20,21). The number of H-pyrrole nitrogens is 1. The van der Waals surface area contributed by atoms with E-state index in [-0.39, 0.29) is 5.56 Å². The number of nitrogens with zero attached hydrogens (tertiary/aromatic N) is 2. The Hall–Kier alpha value is -2.68. The van der Waals surface area contributed by atoms with Crippen molar-refractivity contribution in [1.29, 1.82) is 0 Å². The fourth-order valence-electron chi connectivity index (χ4n) is 2.10. The SMILES string of the molecule is O=S(=O)(c1cccc(-c2cc(-c3cccnc3)n[nH]2)c1)C(F)(F)F. The minimum absolute atomic E-state index is 0.281. The minimum atomic E-state index is -5.40. The van der Waals surface area contributed by atoms with E-state index >= 15 is 0 Å². The summed E-state index contributed by atoms with van der Waals surface area (Å²) in [6.07, 6.45) is 3.19. The first-order chi connectivity index (χ1) is 11.3. The third-order valence-corrected chi connectivity index (χ3v) is 4.78. The zero-order valence-electron chi connectivity index (χ0n) is 11.9. The van der Waals surface area contributed by atoms with Gasteiger partial charge in [-0.05, 0) is 30.3 Å². The van der Waals surface area contributed by atoms with Gasteiger partial charge in [-0.2, -0.15) is 18.3 Å². The van der Waals surface area contributed by atoms with Crippen LogP contribution in [0.3, 0.4) is 0 Å². The molecule has 0 fully saturated rings. The van der Waals surface area contributed by atoms with Gasteiger partial charge in [0.05, 0.1) is 16.3 Å².